The summed E-state index contributed by atoms with van der Waals surface area (Å²) in [5, 5.41) is 11.8. The van der Waals surface area contributed by atoms with Gasteiger partial charge >= 0.3 is 18.3 Å². The van der Waals surface area contributed by atoms with Crippen LogP contribution in [0.1, 0.15) is 28.4 Å². The molecule has 0 saturated heterocycles. The number of anilines is 2. The van der Waals surface area contributed by atoms with Crippen molar-refractivity contribution in [2.75, 3.05) is 11.9 Å². The highest BCUT2D eigenvalue weighted by Gasteiger charge is 2.36. The van der Waals surface area contributed by atoms with Crippen LogP contribution in [0.5, 0.6) is 5.88 Å². The zero-order valence-electron chi connectivity index (χ0n) is 18.6. The number of nitrogens with one attached hydrogen (secondary N) is 1. The van der Waals surface area contributed by atoms with Crippen LogP contribution in [0, 0.1) is 0 Å². The number of fused-ring (bicyclic) bond motifs is 1. The van der Waals surface area contributed by atoms with E-state index in [4.69, 9.17) is 9.84 Å². The Morgan fingerprint density at radius 2 is 1.70 bits per heavy atom. The number of hydrogen-bond acceptors (Lipinski definition) is 7. The number of pyridine rings is 2. The highest BCUT2D eigenvalue weighted by Crippen LogP contribution is 2.38. The predicted octanol–water partition coefficient (Wildman–Crippen LogP) is 5.96. The van der Waals surface area contributed by atoms with Gasteiger partial charge in [-0.25, -0.2) is 19.7 Å². The van der Waals surface area contributed by atoms with E-state index in [0.717, 1.165) is 30.5 Å². The van der Waals surface area contributed by atoms with Crippen molar-refractivity contribution < 1.29 is 41.0 Å². The maximum atomic E-state index is 13.6. The van der Waals surface area contributed by atoms with Crippen molar-refractivity contribution in [3.63, 3.8) is 0 Å². The van der Waals surface area contributed by atoms with Crippen LogP contribution in [0.25, 0.3) is 22.4 Å². The number of aromatic nitrogens is 4. The summed E-state index contributed by atoms with van der Waals surface area (Å²) in [6, 6.07) is 5.80. The Kier molecular flexibility index (Phi) is 6.59. The number of carboxylic acids is 1. The summed E-state index contributed by atoms with van der Waals surface area (Å²) < 4.78 is 85.6. The lowest BCUT2D eigenvalue weighted by atomic mass is 10.0. The number of halogens is 6. The SMILES string of the molecule is CCOc1nc(Nc2ccnc3nc(-c4ccc(C(=O)O)cc4C(F)(F)F)cnc23)ccc1C(F)(F)F. The second-order valence-electron chi connectivity index (χ2n) is 7.45. The zero-order chi connectivity index (χ0) is 27.0. The summed E-state index contributed by atoms with van der Waals surface area (Å²) >= 11 is 0. The molecule has 0 saturated carbocycles. The van der Waals surface area contributed by atoms with Crippen LogP contribution in [0.15, 0.2) is 48.8 Å². The molecule has 0 spiro atoms. The first-order valence-corrected chi connectivity index (χ1v) is 10.4. The zero-order valence-corrected chi connectivity index (χ0v) is 18.6. The molecule has 37 heavy (non-hydrogen) atoms. The number of aromatic carboxylic acids is 1. The fourth-order valence-corrected chi connectivity index (χ4v) is 3.40. The van der Waals surface area contributed by atoms with Gasteiger partial charge in [0.05, 0.1) is 35.3 Å². The molecule has 8 nitrogen and oxygen atoms in total. The molecule has 0 atom stereocenters. The summed E-state index contributed by atoms with van der Waals surface area (Å²) in [5.41, 5.74) is -3.20. The second-order valence-corrected chi connectivity index (χ2v) is 7.45. The first-order valence-electron chi connectivity index (χ1n) is 10.4. The third-order valence-corrected chi connectivity index (χ3v) is 5.00. The van der Waals surface area contributed by atoms with Gasteiger partial charge in [-0.2, -0.15) is 31.3 Å². The average molecular weight is 523 g/mol. The van der Waals surface area contributed by atoms with Crippen molar-refractivity contribution >= 4 is 28.6 Å². The van der Waals surface area contributed by atoms with E-state index in [1.54, 1.807) is 0 Å². The van der Waals surface area contributed by atoms with Crippen LogP contribution >= 0.6 is 0 Å². The van der Waals surface area contributed by atoms with Gasteiger partial charge in [-0.05, 0) is 37.3 Å². The van der Waals surface area contributed by atoms with E-state index in [0.29, 0.717) is 6.07 Å². The van der Waals surface area contributed by atoms with Crippen LogP contribution in [-0.2, 0) is 12.4 Å². The molecule has 0 aliphatic carbocycles. The molecule has 14 heteroatoms. The van der Waals surface area contributed by atoms with E-state index in [9.17, 15) is 31.1 Å². The molecule has 192 valence electrons. The van der Waals surface area contributed by atoms with E-state index in [1.807, 2.05) is 0 Å². The summed E-state index contributed by atoms with van der Waals surface area (Å²) in [4.78, 5) is 27.3. The van der Waals surface area contributed by atoms with Gasteiger partial charge in [0, 0.05) is 11.8 Å². The summed E-state index contributed by atoms with van der Waals surface area (Å²) in [5.74, 6) is -2.17. The van der Waals surface area contributed by atoms with Crippen LogP contribution < -0.4 is 10.1 Å². The number of carbonyl (C=O) groups is 1. The van der Waals surface area contributed by atoms with E-state index < -0.39 is 46.5 Å². The van der Waals surface area contributed by atoms with Crippen molar-refractivity contribution in [2.45, 2.75) is 19.3 Å². The maximum absolute atomic E-state index is 13.6. The van der Waals surface area contributed by atoms with E-state index >= 15 is 0 Å². The molecular weight excluding hydrogens is 508 g/mol. The van der Waals surface area contributed by atoms with E-state index in [2.05, 4.69) is 25.3 Å². The molecular formula is C23H15F6N5O3. The van der Waals surface area contributed by atoms with Gasteiger partial charge in [0.15, 0.2) is 5.65 Å². The van der Waals surface area contributed by atoms with Gasteiger partial charge in [0.25, 0.3) is 0 Å². The third kappa shape index (κ3) is 5.37. The Bertz CT molecular complexity index is 1490. The first kappa shape index (κ1) is 25.6. The molecule has 0 aliphatic rings. The predicted molar refractivity (Wildman–Crippen MR) is 118 cm³/mol. The van der Waals surface area contributed by atoms with Crippen LogP contribution in [-0.4, -0.2) is 37.6 Å². The number of alkyl halides is 6. The van der Waals surface area contributed by atoms with Crippen LogP contribution in [0.4, 0.5) is 37.8 Å². The minimum Gasteiger partial charge on any atom is -0.478 e. The molecule has 3 heterocycles. The quantitative estimate of drug-likeness (QED) is 0.298. The fourth-order valence-electron chi connectivity index (χ4n) is 3.40. The summed E-state index contributed by atoms with van der Waals surface area (Å²) in [6.07, 6.45) is -7.24. The Morgan fingerprint density at radius 3 is 2.35 bits per heavy atom. The largest absolute Gasteiger partial charge is 0.478 e. The van der Waals surface area contributed by atoms with Crippen LogP contribution in [0.3, 0.4) is 0 Å². The Hall–Kier alpha value is -4.49. The minimum atomic E-state index is -4.87. The number of rotatable bonds is 6. The summed E-state index contributed by atoms with van der Waals surface area (Å²) in [7, 11) is 0. The number of carboxylic acid groups (broad SMARTS) is 1. The normalized spacial score (nSPS) is 12.0. The Labute approximate surface area is 204 Å². The lowest BCUT2D eigenvalue weighted by Crippen LogP contribution is -2.11. The van der Waals surface area contributed by atoms with E-state index in [-0.39, 0.29) is 35.0 Å². The fraction of sp³-hybridized carbons (Fsp3) is 0.174. The lowest BCUT2D eigenvalue weighted by molar-refractivity contribution is -0.139. The molecule has 0 unspecified atom stereocenters. The highest BCUT2D eigenvalue weighted by molar-refractivity contribution is 5.90. The molecule has 0 bridgehead atoms. The molecule has 4 rings (SSSR count). The molecule has 0 fully saturated rings. The topological polar surface area (TPSA) is 110 Å². The van der Waals surface area contributed by atoms with Gasteiger partial charge in [-0.3, -0.25) is 0 Å². The van der Waals surface area contributed by atoms with Gasteiger partial charge in [0.1, 0.15) is 16.9 Å². The van der Waals surface area contributed by atoms with Crippen molar-refractivity contribution in [1.29, 1.82) is 0 Å². The second kappa shape index (κ2) is 9.52. The van der Waals surface area contributed by atoms with Gasteiger partial charge in [-0.15, -0.1) is 0 Å². The van der Waals surface area contributed by atoms with Gasteiger partial charge in [0.2, 0.25) is 5.88 Å². The number of ether oxygens (including phenoxy) is 1. The molecule has 0 radical (unpaired) electrons. The first-order chi connectivity index (χ1) is 17.4. The Morgan fingerprint density at radius 1 is 0.973 bits per heavy atom. The lowest BCUT2D eigenvalue weighted by Gasteiger charge is -2.15. The number of benzene rings is 1. The smallest absolute Gasteiger partial charge is 0.421 e. The number of nitrogens with zero attached hydrogens (tertiary/aromatic N) is 4. The molecule has 2 N–H and O–H groups in total. The van der Waals surface area contributed by atoms with Crippen molar-refractivity contribution in [1.82, 2.24) is 19.9 Å². The highest BCUT2D eigenvalue weighted by atomic mass is 19.4. The van der Waals surface area contributed by atoms with Crippen molar-refractivity contribution in [3.05, 3.63) is 65.5 Å². The molecule has 4 aromatic rings. The third-order valence-electron chi connectivity index (χ3n) is 5.00. The molecule has 3 aromatic heterocycles. The van der Waals surface area contributed by atoms with Gasteiger partial charge < -0.3 is 15.2 Å². The average Bonchev–Trinajstić information content (AvgIpc) is 2.82. The molecule has 1 aromatic carbocycles. The maximum Gasteiger partial charge on any atom is 0.421 e. The van der Waals surface area contributed by atoms with Gasteiger partial charge in [-0.1, -0.05) is 6.07 Å². The molecule has 0 aliphatic heterocycles. The number of hydrogen-bond donors (Lipinski definition) is 2. The standard InChI is InChI=1S/C23H15F6N5O3/c1-2-37-20-13(22(24,25)26)5-6-17(34-20)32-15-7-8-30-19-18(15)31-10-16(33-19)12-4-3-11(21(35)36)9-14(12)23(27,28)29/h3-10H,2H2,1H3,(H,35,36)(H,30,32,33,34). The molecule has 0 amide bonds. The van der Waals surface area contributed by atoms with Crippen molar-refractivity contribution in [2.24, 2.45) is 0 Å². The summed E-state index contributed by atoms with van der Waals surface area (Å²) in [6.45, 7) is 1.45. The van der Waals surface area contributed by atoms with Crippen molar-refractivity contribution in [3.8, 4) is 17.1 Å². The minimum absolute atomic E-state index is 0.0153. The van der Waals surface area contributed by atoms with E-state index in [1.165, 1.54) is 19.2 Å². The Balaban J connectivity index is 1.74. The van der Waals surface area contributed by atoms with Crippen LogP contribution in [0.2, 0.25) is 0 Å². The monoisotopic (exact) mass is 523 g/mol.